The van der Waals surface area contributed by atoms with Crippen molar-refractivity contribution in [2.75, 3.05) is 27.2 Å². The fourth-order valence-electron chi connectivity index (χ4n) is 9.82. The molecule has 0 saturated carbocycles. The Balaban J connectivity index is 0.00000741. The van der Waals surface area contributed by atoms with Crippen molar-refractivity contribution in [3.63, 3.8) is 0 Å². The van der Waals surface area contributed by atoms with Crippen LogP contribution in [0.4, 0.5) is 0 Å². The number of fused-ring (bicyclic) bond motifs is 2. The van der Waals surface area contributed by atoms with E-state index in [4.69, 9.17) is 0 Å². The second kappa shape index (κ2) is 23.8. The van der Waals surface area contributed by atoms with Gasteiger partial charge in [-0.3, -0.25) is 28.8 Å². The number of nitrogens with zero attached hydrogens (tertiary/aromatic N) is 2. The molecule has 0 spiro atoms. The highest BCUT2D eigenvalue weighted by Gasteiger charge is 2.40. The minimum atomic E-state index is -0.978. The standard InChI is InChI=1S/C52H66N8O6.ClH/c1-33(53-3)47(61)57-43(51(65)59-30-12-24-45(59)49(63)55-41-21-10-17-37-15-5-7-19-39(37)41)23-9-14-35-26-28-36(29-27-35)32-44(58-48(62)34(2)54-4)52(66)60-31-13-25-46(60)50(64)56-42-22-11-18-38-16-6-8-20-40(38)42;/h5-8,15-16,19-20,26-29,33-34,41-46,53-54H,10-13,17-18,21-25,30-32H2,1-4H3,(H,55,63)(H,56,64)(H,57,61)(H,58,62);1H/t33-,34-,41+,42?,43-,44-,45-,46-;/m0./s1. The first-order chi connectivity index (χ1) is 31.9. The zero-order valence-corrected chi connectivity index (χ0v) is 40.0. The average molecular weight is 936 g/mol. The Kier molecular flexibility index (Phi) is 18.0. The molecule has 8 atom stereocenters. The molecule has 4 aliphatic rings. The van der Waals surface area contributed by atoms with E-state index < -0.39 is 36.3 Å². The van der Waals surface area contributed by atoms with Crippen molar-refractivity contribution in [2.24, 2.45) is 0 Å². The zero-order chi connectivity index (χ0) is 46.7. The van der Waals surface area contributed by atoms with Crippen LogP contribution in [0.15, 0.2) is 72.8 Å². The van der Waals surface area contributed by atoms with Crippen LogP contribution in [-0.2, 0) is 48.0 Å². The van der Waals surface area contributed by atoms with E-state index in [2.05, 4.69) is 68.0 Å². The number of hydrogen-bond acceptors (Lipinski definition) is 8. The normalized spacial score (nSPS) is 21.4. The van der Waals surface area contributed by atoms with Crippen LogP contribution in [0.3, 0.4) is 0 Å². The third kappa shape index (κ3) is 12.4. The largest absolute Gasteiger partial charge is 0.347 e. The van der Waals surface area contributed by atoms with Gasteiger partial charge in [-0.15, -0.1) is 12.4 Å². The Labute approximate surface area is 401 Å². The van der Waals surface area contributed by atoms with Crippen molar-refractivity contribution in [3.05, 3.63) is 106 Å². The van der Waals surface area contributed by atoms with Crippen LogP contribution < -0.4 is 31.9 Å². The summed E-state index contributed by atoms with van der Waals surface area (Å²) in [5, 5.41) is 18.2. The summed E-state index contributed by atoms with van der Waals surface area (Å²) in [5.74, 6) is 4.55. The van der Waals surface area contributed by atoms with Gasteiger partial charge in [-0.05, 0) is 132 Å². The third-order valence-corrected chi connectivity index (χ3v) is 13.9. The lowest BCUT2D eigenvalue weighted by atomic mass is 9.87. The topological polar surface area (TPSA) is 181 Å². The lowest BCUT2D eigenvalue weighted by molar-refractivity contribution is -0.141. The molecule has 2 saturated heterocycles. The van der Waals surface area contributed by atoms with Crippen molar-refractivity contribution < 1.29 is 28.8 Å². The van der Waals surface area contributed by atoms with Crippen molar-refractivity contribution >= 4 is 47.9 Å². The fourth-order valence-corrected chi connectivity index (χ4v) is 9.82. The lowest BCUT2D eigenvalue weighted by Crippen LogP contribution is -2.56. The van der Waals surface area contributed by atoms with Gasteiger partial charge in [0, 0.05) is 31.5 Å². The van der Waals surface area contributed by atoms with Gasteiger partial charge in [-0.25, -0.2) is 0 Å². The molecule has 6 N–H and O–H groups in total. The van der Waals surface area contributed by atoms with Crippen molar-refractivity contribution in [2.45, 2.75) is 139 Å². The maximum atomic E-state index is 14.4. The summed E-state index contributed by atoms with van der Waals surface area (Å²) in [6.07, 6.45) is 8.22. The van der Waals surface area contributed by atoms with E-state index in [1.54, 1.807) is 37.7 Å². The van der Waals surface area contributed by atoms with Crippen LogP contribution in [0.2, 0.25) is 0 Å². The number of halogens is 1. The van der Waals surface area contributed by atoms with Crippen molar-refractivity contribution in [3.8, 4) is 11.8 Å². The zero-order valence-electron chi connectivity index (χ0n) is 39.2. The van der Waals surface area contributed by atoms with Gasteiger partial charge in [0.1, 0.15) is 24.2 Å². The van der Waals surface area contributed by atoms with E-state index in [9.17, 15) is 28.8 Å². The summed E-state index contributed by atoms with van der Waals surface area (Å²) in [4.78, 5) is 85.8. The third-order valence-electron chi connectivity index (χ3n) is 13.9. The maximum Gasteiger partial charge on any atom is 0.246 e. The predicted molar refractivity (Wildman–Crippen MR) is 260 cm³/mol. The monoisotopic (exact) mass is 934 g/mol. The number of rotatable bonds is 15. The molecule has 2 fully saturated rings. The molecule has 3 aromatic rings. The van der Waals surface area contributed by atoms with Gasteiger partial charge in [0.15, 0.2) is 0 Å². The van der Waals surface area contributed by atoms with Crippen LogP contribution in [0, 0.1) is 11.8 Å². The van der Waals surface area contributed by atoms with Crippen LogP contribution in [-0.4, -0.2) is 109 Å². The van der Waals surface area contributed by atoms with E-state index in [1.807, 2.05) is 48.5 Å². The Hall–Kier alpha value is -5.75. The highest BCUT2D eigenvalue weighted by Crippen LogP contribution is 2.32. The molecule has 67 heavy (non-hydrogen) atoms. The fraction of sp³-hybridized carbons (Fsp3) is 0.500. The van der Waals surface area contributed by atoms with E-state index in [-0.39, 0.29) is 72.8 Å². The summed E-state index contributed by atoms with van der Waals surface area (Å²) < 4.78 is 0. The minimum Gasteiger partial charge on any atom is -0.347 e. The number of carbonyl (C=O) groups is 6. The minimum absolute atomic E-state index is 0. The maximum absolute atomic E-state index is 14.4. The Morgan fingerprint density at radius 2 is 1.07 bits per heavy atom. The van der Waals surface area contributed by atoms with Gasteiger partial charge in [-0.2, -0.15) is 0 Å². The summed E-state index contributed by atoms with van der Waals surface area (Å²) >= 11 is 0. The van der Waals surface area contributed by atoms with Crippen LogP contribution in [0.1, 0.15) is 117 Å². The summed E-state index contributed by atoms with van der Waals surface area (Å²) in [7, 11) is 3.35. The van der Waals surface area contributed by atoms with E-state index in [1.165, 1.54) is 11.1 Å². The molecule has 14 nitrogen and oxygen atoms in total. The molecule has 0 aromatic heterocycles. The van der Waals surface area contributed by atoms with Crippen LogP contribution >= 0.6 is 12.4 Å². The summed E-state index contributed by atoms with van der Waals surface area (Å²) in [6.45, 7) is 4.25. The van der Waals surface area contributed by atoms with Gasteiger partial charge < -0.3 is 41.7 Å². The van der Waals surface area contributed by atoms with Crippen molar-refractivity contribution in [1.29, 1.82) is 0 Å². The molecule has 6 amide bonds. The number of likely N-dealkylation sites (N-methyl/N-ethyl adjacent to an activating group) is 2. The number of nitrogens with one attached hydrogen (secondary N) is 6. The summed E-state index contributed by atoms with van der Waals surface area (Å²) in [6, 6.07) is 19.2. The number of amides is 6. The Morgan fingerprint density at radius 1 is 0.612 bits per heavy atom. The number of hydrogen-bond donors (Lipinski definition) is 6. The smallest absolute Gasteiger partial charge is 0.246 e. The second-order valence-electron chi connectivity index (χ2n) is 18.2. The van der Waals surface area contributed by atoms with Crippen LogP contribution in [0.25, 0.3) is 0 Å². The highest BCUT2D eigenvalue weighted by atomic mass is 35.5. The number of carbonyl (C=O) groups excluding carboxylic acids is 6. The van der Waals surface area contributed by atoms with Gasteiger partial charge in [0.25, 0.3) is 0 Å². The SMILES string of the molecule is CN[C@@H](C)C(=O)N[C@@H](Cc1ccc(C#CC[C@H](NC(=O)[C@H](C)NC)C(=O)N2CCC[C@H]2C(=O)N[C@@H]2CCCc3ccccc32)cc1)C(=O)N1CCC[C@H]1C(=O)NC1CCCc2ccccc21.Cl. The average Bonchev–Trinajstić information content (AvgIpc) is 4.05. The molecule has 3 aromatic carbocycles. The molecule has 2 aliphatic carbocycles. The molecule has 2 heterocycles. The molecular formula is C52H67ClN8O6. The first-order valence-corrected chi connectivity index (χ1v) is 23.9. The molecule has 358 valence electrons. The number of likely N-dealkylation sites (tertiary alicyclic amines) is 2. The second-order valence-corrected chi connectivity index (χ2v) is 18.2. The molecule has 0 radical (unpaired) electrons. The molecule has 7 rings (SSSR count). The molecule has 2 aliphatic heterocycles. The van der Waals surface area contributed by atoms with E-state index in [0.717, 1.165) is 55.2 Å². The number of benzene rings is 3. The highest BCUT2D eigenvalue weighted by molar-refractivity contribution is 5.95. The number of aryl methyl sites for hydroxylation is 2. The van der Waals surface area contributed by atoms with Gasteiger partial charge in [0.05, 0.1) is 24.2 Å². The van der Waals surface area contributed by atoms with Crippen LogP contribution in [0.5, 0.6) is 0 Å². The van der Waals surface area contributed by atoms with Gasteiger partial charge >= 0.3 is 0 Å². The summed E-state index contributed by atoms with van der Waals surface area (Å²) in [5.41, 5.74) is 6.17. The lowest BCUT2D eigenvalue weighted by Gasteiger charge is -2.32. The predicted octanol–water partition coefficient (Wildman–Crippen LogP) is 3.95. The van der Waals surface area contributed by atoms with Gasteiger partial charge in [0.2, 0.25) is 35.4 Å². The first kappa shape index (κ1) is 50.7. The van der Waals surface area contributed by atoms with Gasteiger partial charge in [-0.1, -0.05) is 72.5 Å². The van der Waals surface area contributed by atoms with E-state index in [0.29, 0.717) is 44.3 Å². The van der Waals surface area contributed by atoms with E-state index >= 15 is 0 Å². The Bertz CT molecular complexity index is 2310. The van der Waals surface area contributed by atoms with Crippen molar-refractivity contribution in [1.82, 2.24) is 41.7 Å². The first-order valence-electron chi connectivity index (χ1n) is 23.9. The molecule has 0 bridgehead atoms. The quantitative estimate of drug-likeness (QED) is 0.124. The Morgan fingerprint density at radius 3 is 1.57 bits per heavy atom. The molecule has 15 heteroatoms. The molecular weight excluding hydrogens is 868 g/mol. The molecule has 1 unspecified atom stereocenters.